The number of nitrogens with one attached hydrogen (secondary N) is 1. The summed E-state index contributed by atoms with van der Waals surface area (Å²) in [6.45, 7) is 1.36. The molecule has 1 aromatic carbocycles. The van der Waals surface area contributed by atoms with E-state index in [1.165, 1.54) is 13.1 Å². The van der Waals surface area contributed by atoms with Gasteiger partial charge in [-0.15, -0.1) is 0 Å². The van der Waals surface area contributed by atoms with E-state index in [4.69, 9.17) is 0 Å². The van der Waals surface area contributed by atoms with Crippen LogP contribution in [0.15, 0.2) is 36.5 Å². The van der Waals surface area contributed by atoms with E-state index in [-0.39, 0.29) is 0 Å². The SMILES string of the molecule is CC(C(=O)Nc1cnc2ccccc2c1)S(C)(=O)=O. The Bertz CT molecular complexity index is 726. The van der Waals surface area contributed by atoms with Gasteiger partial charge in [-0.2, -0.15) is 0 Å². The van der Waals surface area contributed by atoms with E-state index in [1.807, 2.05) is 24.3 Å². The number of rotatable bonds is 3. The summed E-state index contributed by atoms with van der Waals surface area (Å²) in [4.78, 5) is 16.0. The summed E-state index contributed by atoms with van der Waals surface area (Å²) in [6, 6.07) is 9.24. The van der Waals surface area contributed by atoms with E-state index in [0.29, 0.717) is 5.69 Å². The quantitative estimate of drug-likeness (QED) is 0.925. The van der Waals surface area contributed by atoms with Crippen LogP contribution in [0, 0.1) is 0 Å². The minimum Gasteiger partial charge on any atom is -0.324 e. The molecule has 1 amide bonds. The molecule has 19 heavy (non-hydrogen) atoms. The van der Waals surface area contributed by atoms with Crippen molar-refractivity contribution in [2.45, 2.75) is 12.2 Å². The molecule has 0 fully saturated rings. The number of carbonyl (C=O) groups excluding carboxylic acids is 1. The van der Waals surface area contributed by atoms with Crippen molar-refractivity contribution in [3.63, 3.8) is 0 Å². The standard InChI is InChI=1S/C13H14N2O3S/c1-9(19(2,17)18)13(16)15-11-7-10-5-3-4-6-12(10)14-8-11/h3-9H,1-2H3,(H,15,16). The van der Waals surface area contributed by atoms with Crippen molar-refractivity contribution in [3.05, 3.63) is 36.5 Å². The number of hydrogen-bond donors (Lipinski definition) is 1. The first-order valence-electron chi connectivity index (χ1n) is 5.72. The fourth-order valence-electron chi connectivity index (χ4n) is 1.58. The zero-order valence-corrected chi connectivity index (χ0v) is 11.4. The maximum Gasteiger partial charge on any atom is 0.242 e. The van der Waals surface area contributed by atoms with E-state index >= 15 is 0 Å². The molecule has 0 aliphatic carbocycles. The number of nitrogens with zero attached hydrogens (tertiary/aromatic N) is 1. The van der Waals surface area contributed by atoms with Crippen LogP contribution >= 0.6 is 0 Å². The molecule has 6 heteroatoms. The Hall–Kier alpha value is -1.95. The number of anilines is 1. The topological polar surface area (TPSA) is 76.1 Å². The zero-order chi connectivity index (χ0) is 14.0. The molecule has 0 saturated heterocycles. The summed E-state index contributed by atoms with van der Waals surface area (Å²) in [7, 11) is -3.40. The fraction of sp³-hybridized carbons (Fsp3) is 0.231. The average Bonchev–Trinajstić information content (AvgIpc) is 2.36. The van der Waals surface area contributed by atoms with Crippen molar-refractivity contribution in [1.29, 1.82) is 0 Å². The Morgan fingerprint density at radius 1 is 1.32 bits per heavy atom. The Morgan fingerprint density at radius 3 is 2.68 bits per heavy atom. The van der Waals surface area contributed by atoms with Gasteiger partial charge in [0.05, 0.1) is 17.4 Å². The summed E-state index contributed by atoms with van der Waals surface area (Å²) >= 11 is 0. The van der Waals surface area contributed by atoms with Crippen LogP contribution in [-0.4, -0.2) is 30.8 Å². The molecule has 0 aliphatic rings. The normalized spacial score (nSPS) is 13.2. The molecule has 0 spiro atoms. The van der Waals surface area contributed by atoms with Crippen molar-refractivity contribution >= 4 is 32.3 Å². The molecule has 5 nitrogen and oxygen atoms in total. The van der Waals surface area contributed by atoms with E-state index in [1.54, 1.807) is 6.07 Å². The van der Waals surface area contributed by atoms with E-state index in [9.17, 15) is 13.2 Å². The summed E-state index contributed by atoms with van der Waals surface area (Å²) in [5.74, 6) is -0.556. The molecular formula is C13H14N2O3S. The first kappa shape index (κ1) is 13.5. The second-order valence-corrected chi connectivity index (χ2v) is 6.74. The van der Waals surface area contributed by atoms with Gasteiger partial charge in [0.25, 0.3) is 0 Å². The van der Waals surface area contributed by atoms with Gasteiger partial charge in [0.2, 0.25) is 5.91 Å². The number of fused-ring (bicyclic) bond motifs is 1. The van der Waals surface area contributed by atoms with Crippen LogP contribution in [-0.2, 0) is 14.6 Å². The van der Waals surface area contributed by atoms with Gasteiger partial charge in [-0.3, -0.25) is 9.78 Å². The van der Waals surface area contributed by atoms with Gasteiger partial charge >= 0.3 is 0 Å². The number of amides is 1. The molecule has 1 aromatic heterocycles. The van der Waals surface area contributed by atoms with Crippen molar-refractivity contribution in [1.82, 2.24) is 4.98 Å². The molecule has 0 radical (unpaired) electrons. The van der Waals surface area contributed by atoms with Gasteiger partial charge in [0.15, 0.2) is 9.84 Å². The van der Waals surface area contributed by atoms with Crippen LogP contribution < -0.4 is 5.32 Å². The number of aromatic nitrogens is 1. The van der Waals surface area contributed by atoms with Gasteiger partial charge in [0.1, 0.15) is 5.25 Å². The smallest absolute Gasteiger partial charge is 0.242 e. The number of carbonyl (C=O) groups is 1. The Balaban J connectivity index is 2.24. The third kappa shape index (κ3) is 3.08. The third-order valence-corrected chi connectivity index (χ3v) is 4.37. The molecule has 1 atom stereocenters. The van der Waals surface area contributed by atoms with Crippen molar-refractivity contribution in [3.8, 4) is 0 Å². The second kappa shape index (κ2) is 4.97. The molecule has 2 aromatic rings. The molecule has 1 N–H and O–H groups in total. The first-order chi connectivity index (χ1) is 8.88. The lowest BCUT2D eigenvalue weighted by molar-refractivity contribution is -0.115. The Kier molecular flexibility index (Phi) is 3.53. The van der Waals surface area contributed by atoms with E-state index in [0.717, 1.165) is 17.2 Å². The monoisotopic (exact) mass is 278 g/mol. The number of sulfone groups is 1. The largest absolute Gasteiger partial charge is 0.324 e. The molecule has 1 heterocycles. The Labute approximate surface area is 111 Å². The molecule has 2 rings (SSSR count). The maximum atomic E-state index is 11.8. The molecule has 0 saturated carbocycles. The number of benzene rings is 1. The van der Waals surface area contributed by atoms with Gasteiger partial charge in [-0.25, -0.2) is 8.42 Å². The van der Waals surface area contributed by atoms with Crippen LogP contribution in [0.5, 0.6) is 0 Å². The number of hydrogen-bond acceptors (Lipinski definition) is 4. The highest BCUT2D eigenvalue weighted by atomic mass is 32.2. The predicted octanol–water partition coefficient (Wildman–Crippen LogP) is 1.61. The minimum atomic E-state index is -3.40. The van der Waals surface area contributed by atoms with Gasteiger partial charge in [-0.1, -0.05) is 18.2 Å². The molecule has 1 unspecified atom stereocenters. The van der Waals surface area contributed by atoms with Gasteiger partial charge < -0.3 is 5.32 Å². The summed E-state index contributed by atoms with van der Waals surface area (Å²) in [6.07, 6.45) is 2.55. The molecule has 100 valence electrons. The lowest BCUT2D eigenvalue weighted by Crippen LogP contribution is -2.31. The molecule has 0 aliphatic heterocycles. The number of pyridine rings is 1. The van der Waals surface area contributed by atoms with Crippen LogP contribution in [0.1, 0.15) is 6.92 Å². The Morgan fingerprint density at radius 2 is 2.00 bits per heavy atom. The fourth-order valence-corrected chi connectivity index (χ4v) is 2.03. The average molecular weight is 278 g/mol. The van der Waals surface area contributed by atoms with E-state index < -0.39 is 21.0 Å². The zero-order valence-electron chi connectivity index (χ0n) is 10.6. The molecule has 0 bridgehead atoms. The van der Waals surface area contributed by atoms with Crippen molar-refractivity contribution < 1.29 is 13.2 Å². The second-order valence-electron chi connectivity index (χ2n) is 4.38. The lowest BCUT2D eigenvalue weighted by atomic mass is 10.2. The summed E-state index contributed by atoms with van der Waals surface area (Å²) in [5, 5.41) is 2.36. The highest BCUT2D eigenvalue weighted by molar-refractivity contribution is 7.92. The highest BCUT2D eigenvalue weighted by Crippen LogP contribution is 2.16. The van der Waals surface area contributed by atoms with Gasteiger partial charge in [-0.05, 0) is 19.1 Å². The van der Waals surface area contributed by atoms with Crippen LogP contribution in [0.4, 0.5) is 5.69 Å². The minimum absolute atomic E-state index is 0.485. The van der Waals surface area contributed by atoms with Crippen LogP contribution in [0.25, 0.3) is 10.9 Å². The highest BCUT2D eigenvalue weighted by Gasteiger charge is 2.23. The van der Waals surface area contributed by atoms with Crippen LogP contribution in [0.3, 0.4) is 0 Å². The number of para-hydroxylation sites is 1. The summed E-state index contributed by atoms with van der Waals surface area (Å²) in [5.41, 5.74) is 1.30. The van der Waals surface area contributed by atoms with E-state index in [2.05, 4.69) is 10.3 Å². The maximum absolute atomic E-state index is 11.8. The predicted molar refractivity (Wildman–Crippen MR) is 74.7 cm³/mol. The van der Waals surface area contributed by atoms with Crippen molar-refractivity contribution in [2.24, 2.45) is 0 Å². The first-order valence-corrected chi connectivity index (χ1v) is 7.68. The van der Waals surface area contributed by atoms with Crippen LogP contribution in [0.2, 0.25) is 0 Å². The third-order valence-electron chi connectivity index (χ3n) is 2.87. The summed E-state index contributed by atoms with van der Waals surface area (Å²) < 4.78 is 22.6. The van der Waals surface area contributed by atoms with Gasteiger partial charge in [0, 0.05) is 11.6 Å². The van der Waals surface area contributed by atoms with Crippen molar-refractivity contribution in [2.75, 3.05) is 11.6 Å². The lowest BCUT2D eigenvalue weighted by Gasteiger charge is -2.10. The molecular weight excluding hydrogens is 264 g/mol.